The predicted molar refractivity (Wildman–Crippen MR) is 104 cm³/mol. The standard InChI is InChI=1S/C18H27N3O3S.ClH/c19-18(10-2-3-11-18)17(22)20-14-15-6-8-16(9-7-15)25(23,24)21-12-4-1-5-13-21;/h6-9H,1-5,10-14,19H2,(H,20,22);1H. The highest BCUT2D eigenvalue weighted by Crippen LogP contribution is 2.27. The van der Waals surface area contributed by atoms with Crippen molar-refractivity contribution < 1.29 is 13.2 Å². The van der Waals surface area contributed by atoms with E-state index in [0.717, 1.165) is 50.5 Å². The lowest BCUT2D eigenvalue weighted by Crippen LogP contribution is -2.51. The molecule has 1 saturated carbocycles. The van der Waals surface area contributed by atoms with E-state index in [1.165, 1.54) is 0 Å². The zero-order chi connectivity index (χ0) is 17.9. The first kappa shape index (κ1) is 21.2. The smallest absolute Gasteiger partial charge is 0.243 e. The number of nitrogens with one attached hydrogen (secondary N) is 1. The molecule has 1 aromatic carbocycles. The fourth-order valence-electron chi connectivity index (χ4n) is 3.62. The number of amides is 1. The van der Waals surface area contributed by atoms with Gasteiger partial charge in [0.05, 0.1) is 10.4 Å². The molecule has 0 spiro atoms. The molecule has 3 N–H and O–H groups in total. The number of carbonyl (C=O) groups is 1. The molecule has 2 fully saturated rings. The van der Waals surface area contributed by atoms with Crippen LogP contribution in [0.3, 0.4) is 0 Å². The third kappa shape index (κ3) is 4.57. The Labute approximate surface area is 162 Å². The Balaban J connectivity index is 0.00000243. The first-order valence-electron chi connectivity index (χ1n) is 9.08. The second-order valence-corrected chi connectivity index (χ2v) is 9.09. The van der Waals surface area contributed by atoms with E-state index in [2.05, 4.69) is 5.32 Å². The van der Waals surface area contributed by atoms with E-state index in [-0.39, 0.29) is 18.3 Å². The van der Waals surface area contributed by atoms with Crippen molar-refractivity contribution in [3.63, 3.8) is 0 Å². The molecule has 1 aliphatic heterocycles. The van der Waals surface area contributed by atoms with Crippen LogP contribution in [-0.2, 0) is 21.4 Å². The van der Waals surface area contributed by atoms with Gasteiger partial charge in [-0.1, -0.05) is 31.4 Å². The van der Waals surface area contributed by atoms with E-state index < -0.39 is 15.6 Å². The van der Waals surface area contributed by atoms with Crippen molar-refractivity contribution in [3.8, 4) is 0 Å². The van der Waals surface area contributed by atoms with Crippen LogP contribution in [0, 0.1) is 0 Å². The number of halogens is 1. The molecule has 6 nitrogen and oxygen atoms in total. The van der Waals surface area contributed by atoms with E-state index in [9.17, 15) is 13.2 Å². The van der Waals surface area contributed by atoms with Gasteiger partial charge in [0.1, 0.15) is 0 Å². The maximum atomic E-state index is 12.6. The Morgan fingerprint density at radius 1 is 1.04 bits per heavy atom. The fraction of sp³-hybridized carbons (Fsp3) is 0.611. The minimum atomic E-state index is -3.41. The lowest BCUT2D eigenvalue weighted by atomic mass is 9.98. The number of benzene rings is 1. The van der Waals surface area contributed by atoms with Crippen LogP contribution >= 0.6 is 12.4 Å². The van der Waals surface area contributed by atoms with E-state index in [4.69, 9.17) is 5.73 Å². The Hall–Kier alpha value is -1.15. The molecule has 3 rings (SSSR count). The summed E-state index contributed by atoms with van der Waals surface area (Å²) in [6, 6.07) is 6.77. The van der Waals surface area contributed by atoms with Crippen LogP contribution in [0.5, 0.6) is 0 Å². The third-order valence-electron chi connectivity index (χ3n) is 5.28. The first-order chi connectivity index (χ1) is 11.9. The fourth-order valence-corrected chi connectivity index (χ4v) is 5.14. The minimum Gasteiger partial charge on any atom is -0.350 e. The van der Waals surface area contributed by atoms with Crippen molar-refractivity contribution in [1.29, 1.82) is 0 Å². The number of piperidine rings is 1. The number of carbonyl (C=O) groups excluding carboxylic acids is 1. The second-order valence-electron chi connectivity index (χ2n) is 7.15. The largest absolute Gasteiger partial charge is 0.350 e. The summed E-state index contributed by atoms with van der Waals surface area (Å²) in [4.78, 5) is 12.5. The summed E-state index contributed by atoms with van der Waals surface area (Å²) in [6.45, 7) is 1.55. The second kappa shape index (κ2) is 8.69. The highest BCUT2D eigenvalue weighted by Gasteiger charge is 2.36. The third-order valence-corrected chi connectivity index (χ3v) is 7.19. The highest BCUT2D eigenvalue weighted by atomic mass is 35.5. The molecule has 26 heavy (non-hydrogen) atoms. The summed E-state index contributed by atoms with van der Waals surface area (Å²) in [7, 11) is -3.41. The molecule has 1 aromatic rings. The van der Waals surface area contributed by atoms with Gasteiger partial charge >= 0.3 is 0 Å². The summed E-state index contributed by atoms with van der Waals surface area (Å²) in [5, 5.41) is 2.88. The van der Waals surface area contributed by atoms with Crippen LogP contribution in [0.25, 0.3) is 0 Å². The highest BCUT2D eigenvalue weighted by molar-refractivity contribution is 7.89. The molecule has 1 amide bonds. The van der Waals surface area contributed by atoms with Crippen molar-refractivity contribution in [2.24, 2.45) is 5.73 Å². The number of rotatable bonds is 5. The van der Waals surface area contributed by atoms with Crippen molar-refractivity contribution in [3.05, 3.63) is 29.8 Å². The summed E-state index contributed by atoms with van der Waals surface area (Å²) < 4.78 is 26.8. The molecule has 0 aromatic heterocycles. The minimum absolute atomic E-state index is 0. The number of hydrogen-bond donors (Lipinski definition) is 2. The summed E-state index contributed by atoms with van der Waals surface area (Å²) in [5.41, 5.74) is 6.26. The zero-order valence-electron chi connectivity index (χ0n) is 14.9. The van der Waals surface area contributed by atoms with Gasteiger partial charge in [0, 0.05) is 19.6 Å². The Kier molecular flexibility index (Phi) is 7.07. The molecule has 146 valence electrons. The van der Waals surface area contributed by atoms with Gasteiger partial charge in [-0.25, -0.2) is 8.42 Å². The maximum absolute atomic E-state index is 12.6. The van der Waals surface area contributed by atoms with Crippen LogP contribution in [0.1, 0.15) is 50.5 Å². The molecule has 2 aliphatic rings. The van der Waals surface area contributed by atoms with Gasteiger partial charge in [0.15, 0.2) is 0 Å². The molecular formula is C18H28ClN3O3S. The van der Waals surface area contributed by atoms with Gasteiger partial charge in [0.2, 0.25) is 15.9 Å². The quantitative estimate of drug-likeness (QED) is 0.790. The molecule has 1 heterocycles. The molecule has 0 radical (unpaired) electrons. The van der Waals surface area contributed by atoms with Crippen LogP contribution in [0.2, 0.25) is 0 Å². The monoisotopic (exact) mass is 401 g/mol. The molecule has 0 atom stereocenters. The molecule has 1 aliphatic carbocycles. The van der Waals surface area contributed by atoms with Crippen LogP contribution in [0.15, 0.2) is 29.2 Å². The Bertz CT molecular complexity index is 710. The van der Waals surface area contributed by atoms with Gasteiger partial charge in [-0.2, -0.15) is 4.31 Å². The summed E-state index contributed by atoms with van der Waals surface area (Å²) in [6.07, 6.45) is 6.37. The Morgan fingerprint density at radius 3 is 2.19 bits per heavy atom. The van der Waals surface area contributed by atoms with Gasteiger partial charge in [-0.3, -0.25) is 4.79 Å². The number of nitrogens with two attached hydrogens (primary N) is 1. The van der Waals surface area contributed by atoms with Crippen LogP contribution in [-0.4, -0.2) is 37.3 Å². The van der Waals surface area contributed by atoms with Gasteiger partial charge in [0.25, 0.3) is 0 Å². The number of hydrogen-bond acceptors (Lipinski definition) is 4. The molecule has 0 unspecified atom stereocenters. The van der Waals surface area contributed by atoms with Crippen molar-refractivity contribution in [2.75, 3.05) is 13.1 Å². The van der Waals surface area contributed by atoms with E-state index in [1.54, 1.807) is 28.6 Å². The van der Waals surface area contributed by atoms with Gasteiger partial charge in [-0.15, -0.1) is 12.4 Å². The van der Waals surface area contributed by atoms with Crippen molar-refractivity contribution in [2.45, 2.75) is 61.9 Å². The van der Waals surface area contributed by atoms with Crippen LogP contribution < -0.4 is 11.1 Å². The van der Waals surface area contributed by atoms with E-state index in [0.29, 0.717) is 24.5 Å². The van der Waals surface area contributed by atoms with Crippen LogP contribution in [0.4, 0.5) is 0 Å². The normalized spacial score (nSPS) is 20.3. The SMILES string of the molecule is Cl.NC1(C(=O)NCc2ccc(S(=O)(=O)N3CCCCC3)cc2)CCCC1. The molecule has 8 heteroatoms. The lowest BCUT2D eigenvalue weighted by Gasteiger charge is -2.26. The summed E-state index contributed by atoms with van der Waals surface area (Å²) >= 11 is 0. The van der Waals surface area contributed by atoms with E-state index >= 15 is 0 Å². The zero-order valence-corrected chi connectivity index (χ0v) is 16.6. The lowest BCUT2D eigenvalue weighted by molar-refractivity contribution is -0.126. The first-order valence-corrected chi connectivity index (χ1v) is 10.5. The summed E-state index contributed by atoms with van der Waals surface area (Å²) in [5.74, 6) is -0.116. The topological polar surface area (TPSA) is 92.5 Å². The Morgan fingerprint density at radius 2 is 1.62 bits per heavy atom. The number of nitrogens with zero attached hydrogens (tertiary/aromatic N) is 1. The average molecular weight is 402 g/mol. The van der Waals surface area contributed by atoms with E-state index in [1.807, 2.05) is 0 Å². The average Bonchev–Trinajstić information content (AvgIpc) is 3.09. The van der Waals surface area contributed by atoms with Gasteiger partial charge in [-0.05, 0) is 43.4 Å². The van der Waals surface area contributed by atoms with Gasteiger partial charge < -0.3 is 11.1 Å². The maximum Gasteiger partial charge on any atom is 0.243 e. The van der Waals surface area contributed by atoms with Crippen molar-refractivity contribution >= 4 is 28.3 Å². The predicted octanol–water partition coefficient (Wildman–Crippen LogP) is 2.17. The molecule has 1 saturated heterocycles. The van der Waals surface area contributed by atoms with Crippen molar-refractivity contribution in [1.82, 2.24) is 9.62 Å². The number of sulfonamides is 1. The molecule has 0 bridgehead atoms. The molecular weight excluding hydrogens is 374 g/mol.